The molecule has 0 atom stereocenters. The lowest BCUT2D eigenvalue weighted by molar-refractivity contribution is 0.0304. The number of hydrogen-bond donors (Lipinski definition) is 0. The molecule has 1 fully saturated rings. The van der Waals surface area contributed by atoms with Gasteiger partial charge >= 0.3 is 0 Å². The Hall–Kier alpha value is -2.96. The van der Waals surface area contributed by atoms with E-state index in [4.69, 9.17) is 15.3 Å². The van der Waals surface area contributed by atoms with Crippen molar-refractivity contribution in [1.29, 1.82) is 10.5 Å². The van der Waals surface area contributed by atoms with Crippen LogP contribution >= 0.6 is 0 Å². The maximum absolute atomic E-state index is 12.8. The molecule has 2 heterocycles. The summed E-state index contributed by atoms with van der Waals surface area (Å²) < 4.78 is 5.28. The molecular weight excluding hydrogens is 292 g/mol. The molecule has 1 amide bonds. The summed E-state index contributed by atoms with van der Waals surface area (Å²) >= 11 is 0. The number of carbonyl (C=O) groups excluding carboxylic acids is 1. The van der Waals surface area contributed by atoms with Crippen LogP contribution in [-0.4, -0.2) is 42.1 Å². The van der Waals surface area contributed by atoms with Crippen molar-refractivity contribution in [3.8, 4) is 12.1 Å². The summed E-state index contributed by atoms with van der Waals surface area (Å²) in [6.07, 6.45) is 0. The third-order valence-corrected chi connectivity index (χ3v) is 3.82. The van der Waals surface area contributed by atoms with Crippen molar-refractivity contribution in [1.82, 2.24) is 9.88 Å². The van der Waals surface area contributed by atoms with Crippen LogP contribution in [0.3, 0.4) is 0 Å². The van der Waals surface area contributed by atoms with Gasteiger partial charge in [-0.3, -0.25) is 9.78 Å². The summed E-state index contributed by atoms with van der Waals surface area (Å²) in [7, 11) is 0. The fourth-order valence-electron chi connectivity index (χ4n) is 2.62. The van der Waals surface area contributed by atoms with Gasteiger partial charge in [0.15, 0.2) is 5.92 Å². The first kappa shape index (κ1) is 15.0. The van der Waals surface area contributed by atoms with Crippen LogP contribution in [0.1, 0.15) is 22.0 Å². The highest BCUT2D eigenvalue weighted by atomic mass is 16.5. The minimum Gasteiger partial charge on any atom is -0.378 e. The van der Waals surface area contributed by atoms with E-state index in [9.17, 15) is 4.79 Å². The van der Waals surface area contributed by atoms with Crippen LogP contribution in [0.25, 0.3) is 10.9 Å². The highest BCUT2D eigenvalue weighted by Crippen LogP contribution is 2.24. The smallest absolute Gasteiger partial charge is 0.254 e. The van der Waals surface area contributed by atoms with E-state index < -0.39 is 5.92 Å². The van der Waals surface area contributed by atoms with Gasteiger partial charge in [-0.05, 0) is 12.1 Å². The van der Waals surface area contributed by atoms with Crippen molar-refractivity contribution in [2.75, 3.05) is 26.3 Å². The minimum atomic E-state index is -0.990. The lowest BCUT2D eigenvalue weighted by atomic mass is 10.0. The summed E-state index contributed by atoms with van der Waals surface area (Å²) in [5, 5.41) is 18.9. The molecule has 1 aliphatic heterocycles. The topological polar surface area (TPSA) is 90.0 Å². The zero-order chi connectivity index (χ0) is 16.2. The van der Waals surface area contributed by atoms with Crippen LogP contribution in [0.4, 0.5) is 0 Å². The molecule has 1 aromatic heterocycles. The molecule has 1 aliphatic rings. The summed E-state index contributed by atoms with van der Waals surface area (Å²) in [6.45, 7) is 2.09. The molecule has 0 bridgehead atoms. The highest BCUT2D eigenvalue weighted by Gasteiger charge is 2.23. The Morgan fingerprint density at radius 3 is 2.61 bits per heavy atom. The molecule has 2 aromatic rings. The van der Waals surface area contributed by atoms with E-state index in [1.165, 1.54) is 0 Å². The van der Waals surface area contributed by atoms with E-state index in [1.807, 2.05) is 30.3 Å². The van der Waals surface area contributed by atoms with E-state index in [2.05, 4.69) is 4.98 Å². The number of morpholine rings is 1. The number of nitrogens with zero attached hydrogens (tertiary/aromatic N) is 4. The summed E-state index contributed by atoms with van der Waals surface area (Å²) in [4.78, 5) is 18.9. The zero-order valence-electron chi connectivity index (χ0n) is 12.4. The van der Waals surface area contributed by atoms with Crippen molar-refractivity contribution in [2.45, 2.75) is 5.92 Å². The number of nitriles is 2. The number of carbonyl (C=O) groups is 1. The van der Waals surface area contributed by atoms with Crippen molar-refractivity contribution >= 4 is 16.8 Å². The van der Waals surface area contributed by atoms with Gasteiger partial charge in [0.2, 0.25) is 0 Å². The van der Waals surface area contributed by atoms with Gasteiger partial charge in [-0.1, -0.05) is 18.2 Å². The van der Waals surface area contributed by atoms with Crippen LogP contribution in [-0.2, 0) is 4.74 Å². The van der Waals surface area contributed by atoms with Crippen molar-refractivity contribution in [3.05, 3.63) is 41.6 Å². The molecule has 23 heavy (non-hydrogen) atoms. The number of pyridine rings is 1. The van der Waals surface area contributed by atoms with E-state index in [0.29, 0.717) is 43.1 Å². The normalized spacial score (nSPS) is 14.5. The fraction of sp³-hybridized carbons (Fsp3) is 0.294. The summed E-state index contributed by atoms with van der Waals surface area (Å²) in [6, 6.07) is 12.6. The standard InChI is InChI=1S/C17H14N4O2/c18-10-12(11-19)16-9-14(13-3-1-2-4-15(13)20-16)17(22)21-5-7-23-8-6-21/h1-4,9,12H,5-8H2. The molecule has 114 valence electrons. The average Bonchev–Trinajstić information content (AvgIpc) is 2.62. The molecule has 6 heteroatoms. The number of para-hydroxylation sites is 1. The Balaban J connectivity index is 2.12. The number of fused-ring (bicyclic) bond motifs is 1. The largest absolute Gasteiger partial charge is 0.378 e. The molecule has 0 aliphatic carbocycles. The molecule has 0 unspecified atom stereocenters. The summed E-state index contributed by atoms with van der Waals surface area (Å²) in [5.74, 6) is -1.11. The maximum atomic E-state index is 12.8. The quantitative estimate of drug-likeness (QED) is 0.844. The van der Waals surface area contributed by atoms with Gasteiger partial charge in [0.25, 0.3) is 5.91 Å². The van der Waals surface area contributed by atoms with E-state index in [-0.39, 0.29) is 5.91 Å². The Morgan fingerprint density at radius 1 is 1.22 bits per heavy atom. The average molecular weight is 306 g/mol. The first-order valence-electron chi connectivity index (χ1n) is 7.30. The third-order valence-electron chi connectivity index (χ3n) is 3.82. The van der Waals surface area contributed by atoms with E-state index in [0.717, 1.165) is 5.39 Å². The van der Waals surface area contributed by atoms with Crippen molar-refractivity contribution < 1.29 is 9.53 Å². The Bertz CT molecular complexity index is 815. The molecule has 0 saturated carbocycles. The maximum Gasteiger partial charge on any atom is 0.254 e. The van der Waals surface area contributed by atoms with Gasteiger partial charge in [0.05, 0.1) is 42.1 Å². The van der Waals surface area contributed by atoms with Crippen LogP contribution in [0.2, 0.25) is 0 Å². The first-order valence-corrected chi connectivity index (χ1v) is 7.30. The monoisotopic (exact) mass is 306 g/mol. The fourth-order valence-corrected chi connectivity index (χ4v) is 2.62. The van der Waals surface area contributed by atoms with Crippen LogP contribution in [0.5, 0.6) is 0 Å². The predicted octanol–water partition coefficient (Wildman–Crippen LogP) is 1.84. The second-order valence-electron chi connectivity index (χ2n) is 5.21. The molecule has 3 rings (SSSR count). The van der Waals surface area contributed by atoms with Gasteiger partial charge in [-0.15, -0.1) is 0 Å². The first-order chi connectivity index (χ1) is 11.2. The van der Waals surface area contributed by atoms with Crippen molar-refractivity contribution in [3.63, 3.8) is 0 Å². The molecule has 0 N–H and O–H groups in total. The highest BCUT2D eigenvalue weighted by molar-refractivity contribution is 6.06. The van der Waals surface area contributed by atoms with Gasteiger partial charge in [-0.2, -0.15) is 10.5 Å². The van der Waals surface area contributed by atoms with Gasteiger partial charge in [0.1, 0.15) is 0 Å². The van der Waals surface area contributed by atoms with Gasteiger partial charge in [-0.25, -0.2) is 0 Å². The number of rotatable bonds is 2. The Kier molecular flexibility index (Phi) is 4.18. The number of ether oxygens (including phenoxy) is 1. The van der Waals surface area contributed by atoms with E-state index >= 15 is 0 Å². The molecular formula is C17H14N4O2. The lowest BCUT2D eigenvalue weighted by Gasteiger charge is -2.27. The molecule has 1 saturated heterocycles. The van der Waals surface area contributed by atoms with Crippen LogP contribution in [0, 0.1) is 22.7 Å². The van der Waals surface area contributed by atoms with E-state index in [1.54, 1.807) is 17.0 Å². The zero-order valence-corrected chi connectivity index (χ0v) is 12.4. The summed E-state index contributed by atoms with van der Waals surface area (Å²) in [5.41, 5.74) is 1.39. The van der Waals surface area contributed by atoms with Crippen LogP contribution in [0.15, 0.2) is 30.3 Å². The van der Waals surface area contributed by atoms with Gasteiger partial charge in [0, 0.05) is 18.5 Å². The molecule has 0 spiro atoms. The SMILES string of the molecule is N#CC(C#N)c1cc(C(=O)N2CCOCC2)c2ccccc2n1. The lowest BCUT2D eigenvalue weighted by Crippen LogP contribution is -2.40. The van der Waals surface area contributed by atoms with Crippen molar-refractivity contribution in [2.24, 2.45) is 0 Å². The number of amides is 1. The van der Waals surface area contributed by atoms with Gasteiger partial charge < -0.3 is 9.64 Å². The molecule has 6 nitrogen and oxygen atoms in total. The number of aromatic nitrogens is 1. The minimum absolute atomic E-state index is 0.122. The molecule has 0 radical (unpaired) electrons. The molecule has 1 aromatic carbocycles. The number of hydrogen-bond acceptors (Lipinski definition) is 5. The van der Waals surface area contributed by atoms with Crippen LogP contribution < -0.4 is 0 Å². The second-order valence-corrected chi connectivity index (χ2v) is 5.21. The Morgan fingerprint density at radius 2 is 1.91 bits per heavy atom. The predicted molar refractivity (Wildman–Crippen MR) is 82.4 cm³/mol. The third kappa shape index (κ3) is 2.85. The second kappa shape index (κ2) is 6.43. The number of benzene rings is 1. The Labute approximate surface area is 133 Å².